The Hall–Kier alpha value is -1.15. The third-order valence-corrected chi connectivity index (χ3v) is 3.80. The van der Waals surface area contributed by atoms with Crippen molar-refractivity contribution in [2.75, 3.05) is 6.54 Å². The average molecular weight is 294 g/mol. The van der Waals surface area contributed by atoms with Crippen molar-refractivity contribution in [3.8, 4) is 0 Å². The van der Waals surface area contributed by atoms with Crippen LogP contribution < -0.4 is 4.72 Å². The maximum atomic E-state index is 11.7. The molecule has 0 saturated carbocycles. The molecule has 1 aromatic rings. The predicted octanol–water partition coefficient (Wildman–Crippen LogP) is 0.454. The lowest BCUT2D eigenvalue weighted by atomic mass is 10.3. The monoisotopic (exact) mass is 293 g/mol. The molecule has 6 nitrogen and oxygen atoms in total. The van der Waals surface area contributed by atoms with Gasteiger partial charge < -0.3 is 10.2 Å². The second kappa shape index (κ2) is 6.14. The Morgan fingerprint density at radius 3 is 2.67 bits per heavy atom. The molecule has 8 heteroatoms. The predicted molar refractivity (Wildman–Crippen MR) is 64.9 cm³/mol. The summed E-state index contributed by atoms with van der Waals surface area (Å²) in [6, 6.07) is 5.66. The van der Waals surface area contributed by atoms with Crippen molar-refractivity contribution in [3.05, 3.63) is 29.3 Å². The highest BCUT2D eigenvalue weighted by atomic mass is 35.5. The molecule has 0 aliphatic rings. The van der Waals surface area contributed by atoms with Gasteiger partial charge in [0.2, 0.25) is 10.0 Å². The number of nitrogens with one attached hydrogen (secondary N) is 1. The third kappa shape index (κ3) is 4.26. The van der Waals surface area contributed by atoms with Crippen molar-refractivity contribution < 1.29 is 23.4 Å². The highest BCUT2D eigenvalue weighted by Gasteiger charge is 2.17. The number of aliphatic hydroxyl groups is 1. The van der Waals surface area contributed by atoms with Gasteiger partial charge in [0.15, 0.2) is 6.10 Å². The van der Waals surface area contributed by atoms with Crippen LogP contribution in [-0.2, 0) is 14.8 Å². The first-order valence-electron chi connectivity index (χ1n) is 4.99. The highest BCUT2D eigenvalue weighted by Crippen LogP contribution is 2.15. The summed E-state index contributed by atoms with van der Waals surface area (Å²) >= 11 is 5.67. The molecule has 0 aliphatic heterocycles. The number of carboxylic acids is 1. The number of sulfonamides is 1. The van der Waals surface area contributed by atoms with Gasteiger partial charge in [-0.1, -0.05) is 17.7 Å². The van der Waals surface area contributed by atoms with Crippen molar-refractivity contribution in [1.29, 1.82) is 0 Å². The van der Waals surface area contributed by atoms with Crippen molar-refractivity contribution in [2.24, 2.45) is 0 Å². The minimum absolute atomic E-state index is 0.0141. The van der Waals surface area contributed by atoms with Crippen molar-refractivity contribution in [2.45, 2.75) is 17.4 Å². The molecule has 0 spiro atoms. The standard InChI is InChI=1S/C10H12ClNO5S/c11-7-2-1-3-8(6-7)18(16,17)12-5-4-9(13)10(14)15/h1-3,6,9,12-13H,4-5H2,(H,14,15). The summed E-state index contributed by atoms with van der Waals surface area (Å²) in [4.78, 5) is 10.3. The zero-order chi connectivity index (χ0) is 13.8. The summed E-state index contributed by atoms with van der Waals surface area (Å²) in [5, 5.41) is 17.7. The Balaban J connectivity index is 2.64. The van der Waals surface area contributed by atoms with Gasteiger partial charge >= 0.3 is 5.97 Å². The van der Waals surface area contributed by atoms with Gasteiger partial charge in [0.05, 0.1) is 4.90 Å². The number of rotatable bonds is 6. The van der Waals surface area contributed by atoms with E-state index in [1.807, 2.05) is 0 Å². The topological polar surface area (TPSA) is 104 Å². The third-order valence-electron chi connectivity index (χ3n) is 2.10. The van der Waals surface area contributed by atoms with Gasteiger partial charge in [0.1, 0.15) is 0 Å². The van der Waals surface area contributed by atoms with Gasteiger partial charge in [-0.25, -0.2) is 17.9 Å². The number of aliphatic hydroxyl groups excluding tert-OH is 1. The molecular weight excluding hydrogens is 282 g/mol. The maximum Gasteiger partial charge on any atom is 0.332 e. The van der Waals surface area contributed by atoms with E-state index >= 15 is 0 Å². The van der Waals surface area contributed by atoms with Crippen LogP contribution in [0.25, 0.3) is 0 Å². The van der Waals surface area contributed by atoms with Crippen molar-refractivity contribution in [3.63, 3.8) is 0 Å². The van der Waals surface area contributed by atoms with Crippen molar-refractivity contribution in [1.82, 2.24) is 4.72 Å². The Kier molecular flexibility index (Phi) is 5.09. The maximum absolute atomic E-state index is 11.7. The Bertz CT molecular complexity index is 531. The highest BCUT2D eigenvalue weighted by molar-refractivity contribution is 7.89. The number of hydrogen-bond donors (Lipinski definition) is 3. The zero-order valence-electron chi connectivity index (χ0n) is 9.21. The number of aliphatic carboxylic acids is 1. The molecule has 3 N–H and O–H groups in total. The van der Waals surface area contributed by atoms with Crippen LogP contribution in [0.5, 0.6) is 0 Å². The Labute approximate surface area is 109 Å². The fourth-order valence-electron chi connectivity index (χ4n) is 1.17. The summed E-state index contributed by atoms with van der Waals surface area (Å²) in [7, 11) is -3.74. The summed E-state index contributed by atoms with van der Waals surface area (Å²) < 4.78 is 25.7. The van der Waals surface area contributed by atoms with E-state index in [4.69, 9.17) is 21.8 Å². The molecular formula is C10H12ClNO5S. The molecule has 0 fully saturated rings. The molecule has 0 bridgehead atoms. The summed E-state index contributed by atoms with van der Waals surface area (Å²) in [5.74, 6) is -1.39. The minimum Gasteiger partial charge on any atom is -0.479 e. The van der Waals surface area contributed by atoms with E-state index in [0.29, 0.717) is 0 Å². The largest absolute Gasteiger partial charge is 0.479 e. The Morgan fingerprint density at radius 2 is 2.11 bits per heavy atom. The van der Waals surface area contributed by atoms with Crippen LogP contribution >= 0.6 is 11.6 Å². The smallest absolute Gasteiger partial charge is 0.332 e. The number of carbonyl (C=O) groups is 1. The van der Waals surface area contributed by atoms with E-state index in [9.17, 15) is 13.2 Å². The van der Waals surface area contributed by atoms with Crippen LogP contribution in [0.15, 0.2) is 29.2 Å². The van der Waals surface area contributed by atoms with Crippen LogP contribution in [-0.4, -0.2) is 37.2 Å². The molecule has 0 aliphatic carbocycles. The molecule has 18 heavy (non-hydrogen) atoms. The average Bonchev–Trinajstić information content (AvgIpc) is 2.28. The molecule has 1 rings (SSSR count). The van der Waals surface area contributed by atoms with Gasteiger partial charge in [-0.15, -0.1) is 0 Å². The lowest BCUT2D eigenvalue weighted by Gasteiger charge is -2.08. The lowest BCUT2D eigenvalue weighted by Crippen LogP contribution is -2.30. The second-order valence-electron chi connectivity index (χ2n) is 3.50. The van der Waals surface area contributed by atoms with E-state index in [2.05, 4.69) is 4.72 Å². The molecule has 0 amide bonds. The second-order valence-corrected chi connectivity index (χ2v) is 5.70. The van der Waals surface area contributed by atoms with E-state index in [-0.39, 0.29) is 22.9 Å². The molecule has 0 heterocycles. The first-order chi connectivity index (χ1) is 8.33. The van der Waals surface area contributed by atoms with Crippen LogP contribution in [0, 0.1) is 0 Å². The summed E-state index contributed by atoms with van der Waals surface area (Å²) in [5.41, 5.74) is 0. The lowest BCUT2D eigenvalue weighted by molar-refractivity contribution is -0.146. The molecule has 1 atom stereocenters. The fraction of sp³-hybridized carbons (Fsp3) is 0.300. The first kappa shape index (κ1) is 14.9. The molecule has 0 radical (unpaired) electrons. The number of benzene rings is 1. The van der Waals surface area contributed by atoms with Gasteiger partial charge in [0.25, 0.3) is 0 Å². The van der Waals surface area contributed by atoms with Crippen LogP contribution in [0.1, 0.15) is 6.42 Å². The number of halogens is 1. The van der Waals surface area contributed by atoms with E-state index in [1.165, 1.54) is 24.3 Å². The first-order valence-corrected chi connectivity index (χ1v) is 6.85. The van der Waals surface area contributed by atoms with Gasteiger partial charge in [-0.3, -0.25) is 0 Å². The van der Waals surface area contributed by atoms with E-state index < -0.39 is 22.1 Å². The van der Waals surface area contributed by atoms with E-state index in [0.717, 1.165) is 0 Å². The minimum atomic E-state index is -3.74. The van der Waals surface area contributed by atoms with Crippen LogP contribution in [0.4, 0.5) is 0 Å². The normalized spacial score (nSPS) is 13.2. The molecule has 0 aromatic heterocycles. The van der Waals surface area contributed by atoms with Gasteiger partial charge in [-0.05, 0) is 24.6 Å². The number of carboxylic acid groups (broad SMARTS) is 1. The number of hydrogen-bond acceptors (Lipinski definition) is 4. The molecule has 1 unspecified atom stereocenters. The SMILES string of the molecule is O=C(O)C(O)CCNS(=O)(=O)c1cccc(Cl)c1. The Morgan fingerprint density at radius 1 is 1.44 bits per heavy atom. The van der Waals surface area contributed by atoms with Crippen LogP contribution in [0.3, 0.4) is 0 Å². The quantitative estimate of drug-likeness (QED) is 0.707. The molecule has 100 valence electrons. The van der Waals surface area contributed by atoms with Gasteiger partial charge in [-0.2, -0.15) is 0 Å². The van der Waals surface area contributed by atoms with Crippen LogP contribution in [0.2, 0.25) is 5.02 Å². The zero-order valence-corrected chi connectivity index (χ0v) is 10.8. The summed E-state index contributed by atoms with van der Waals surface area (Å²) in [6.07, 6.45) is -1.80. The van der Waals surface area contributed by atoms with E-state index in [1.54, 1.807) is 0 Å². The summed E-state index contributed by atoms with van der Waals surface area (Å²) in [6.45, 7) is -0.178. The van der Waals surface area contributed by atoms with Crippen molar-refractivity contribution >= 4 is 27.6 Å². The molecule has 1 aromatic carbocycles. The molecule has 0 saturated heterocycles. The fourth-order valence-corrected chi connectivity index (χ4v) is 2.52. The van der Waals surface area contributed by atoms with Gasteiger partial charge in [0, 0.05) is 11.6 Å².